The zero-order chi connectivity index (χ0) is 11.2. The molecule has 0 aliphatic rings. The van der Waals surface area contributed by atoms with Gasteiger partial charge in [-0.15, -0.1) is 0 Å². The second kappa shape index (κ2) is 3.18. The summed E-state index contributed by atoms with van der Waals surface area (Å²) in [5.74, 6) is 0. The van der Waals surface area contributed by atoms with Gasteiger partial charge in [0.15, 0.2) is 0 Å². The van der Waals surface area contributed by atoms with Crippen LogP contribution in [0, 0.1) is 0 Å². The van der Waals surface area contributed by atoms with Gasteiger partial charge in [0.25, 0.3) is 0 Å². The summed E-state index contributed by atoms with van der Waals surface area (Å²) in [6.07, 6.45) is 0. The van der Waals surface area contributed by atoms with Crippen LogP contribution in [-0.4, -0.2) is 18.7 Å². The Hall–Kier alpha value is -2.14. The Morgan fingerprint density at radius 1 is 0.647 bits per heavy atom. The van der Waals surface area contributed by atoms with Crippen LogP contribution in [0.15, 0.2) is 36.4 Å². The first-order valence-electron chi connectivity index (χ1n) is 5.19. The van der Waals surface area contributed by atoms with Crippen molar-refractivity contribution in [3.05, 3.63) is 36.4 Å². The molecular formula is C12H6N4S. The van der Waals surface area contributed by atoms with Gasteiger partial charge < -0.3 is 0 Å². The number of para-hydroxylation sites is 2. The van der Waals surface area contributed by atoms with Crippen LogP contribution in [0.2, 0.25) is 0 Å². The van der Waals surface area contributed by atoms with E-state index in [1.54, 1.807) is 0 Å². The average Bonchev–Trinajstić information content (AvgIpc) is 2.85. The van der Waals surface area contributed by atoms with Crippen LogP contribution in [0.25, 0.3) is 33.1 Å². The molecule has 5 heteroatoms. The van der Waals surface area contributed by atoms with Crippen LogP contribution in [0.4, 0.5) is 0 Å². The van der Waals surface area contributed by atoms with Crippen molar-refractivity contribution in [2.75, 3.05) is 0 Å². The number of rotatable bonds is 0. The molecule has 0 fully saturated rings. The number of aromatic nitrogens is 4. The molecule has 17 heavy (non-hydrogen) atoms. The molecule has 0 atom stereocenters. The lowest BCUT2D eigenvalue weighted by Crippen LogP contribution is -1.88. The molecule has 0 saturated carbocycles. The number of fused-ring (bicyclic) bond motifs is 4. The third-order valence-electron chi connectivity index (χ3n) is 2.73. The second-order valence-corrected chi connectivity index (χ2v) is 4.31. The Balaban J connectivity index is 2.29. The third kappa shape index (κ3) is 1.23. The van der Waals surface area contributed by atoms with Gasteiger partial charge in [0.05, 0.1) is 28.3 Å². The van der Waals surface area contributed by atoms with Gasteiger partial charge in [-0.1, -0.05) is 12.1 Å². The highest BCUT2D eigenvalue weighted by molar-refractivity contribution is 7.00. The fraction of sp³-hybridized carbons (Fsp3) is 0. The predicted molar refractivity (Wildman–Crippen MR) is 68.0 cm³/mol. The molecular weight excluding hydrogens is 232 g/mol. The monoisotopic (exact) mass is 238 g/mol. The molecule has 0 bridgehead atoms. The summed E-state index contributed by atoms with van der Waals surface area (Å²) in [5.41, 5.74) is 5.21. The highest BCUT2D eigenvalue weighted by Gasteiger charge is 2.07. The van der Waals surface area contributed by atoms with Gasteiger partial charge in [-0.05, 0) is 24.3 Å². The molecule has 80 valence electrons. The lowest BCUT2D eigenvalue weighted by molar-refractivity contribution is 1.40. The Kier molecular flexibility index (Phi) is 1.67. The van der Waals surface area contributed by atoms with Crippen molar-refractivity contribution < 1.29 is 0 Å². The van der Waals surface area contributed by atoms with Crippen molar-refractivity contribution in [2.24, 2.45) is 0 Å². The van der Waals surface area contributed by atoms with Gasteiger partial charge in [0.2, 0.25) is 0 Å². The van der Waals surface area contributed by atoms with E-state index in [9.17, 15) is 0 Å². The molecule has 2 aromatic carbocycles. The molecule has 0 spiro atoms. The topological polar surface area (TPSA) is 51.6 Å². The van der Waals surface area contributed by atoms with Crippen molar-refractivity contribution in [1.82, 2.24) is 18.7 Å². The molecule has 2 heterocycles. The van der Waals surface area contributed by atoms with Crippen LogP contribution in [0.1, 0.15) is 0 Å². The maximum atomic E-state index is 4.62. The van der Waals surface area contributed by atoms with E-state index in [2.05, 4.69) is 18.7 Å². The Morgan fingerprint density at radius 2 is 1.41 bits per heavy atom. The maximum Gasteiger partial charge on any atom is 0.132 e. The summed E-state index contributed by atoms with van der Waals surface area (Å²) in [7, 11) is 0. The van der Waals surface area contributed by atoms with E-state index in [-0.39, 0.29) is 0 Å². The largest absolute Gasteiger partial charge is 0.244 e. The minimum absolute atomic E-state index is 0.829. The van der Waals surface area contributed by atoms with E-state index in [0.29, 0.717) is 0 Å². The van der Waals surface area contributed by atoms with Gasteiger partial charge in [0, 0.05) is 0 Å². The van der Waals surface area contributed by atoms with Gasteiger partial charge in [-0.3, -0.25) is 0 Å². The summed E-state index contributed by atoms with van der Waals surface area (Å²) >= 11 is 1.21. The summed E-state index contributed by atoms with van der Waals surface area (Å²) in [6, 6.07) is 11.7. The van der Waals surface area contributed by atoms with Crippen LogP contribution in [0.5, 0.6) is 0 Å². The average molecular weight is 238 g/mol. The Labute approximate surface area is 100 Å². The molecule has 0 unspecified atom stereocenters. The van der Waals surface area contributed by atoms with Gasteiger partial charge in [0.1, 0.15) is 16.6 Å². The number of benzene rings is 2. The zero-order valence-corrected chi connectivity index (χ0v) is 9.48. The molecule has 0 amide bonds. The van der Waals surface area contributed by atoms with E-state index in [1.807, 2.05) is 36.4 Å². The van der Waals surface area contributed by atoms with Crippen molar-refractivity contribution in [2.45, 2.75) is 0 Å². The molecule has 4 aromatic rings. The van der Waals surface area contributed by atoms with Gasteiger partial charge in [-0.2, -0.15) is 8.75 Å². The molecule has 0 aliphatic carbocycles. The lowest BCUT2D eigenvalue weighted by Gasteiger charge is -2.00. The lowest BCUT2D eigenvalue weighted by atomic mass is 10.2. The second-order valence-electron chi connectivity index (χ2n) is 3.78. The minimum Gasteiger partial charge on any atom is -0.244 e. The highest BCUT2D eigenvalue weighted by atomic mass is 32.1. The van der Waals surface area contributed by atoms with Crippen molar-refractivity contribution in [3.8, 4) is 0 Å². The van der Waals surface area contributed by atoms with Crippen molar-refractivity contribution >= 4 is 44.8 Å². The number of hydrogen-bond donors (Lipinski definition) is 0. The first-order valence-corrected chi connectivity index (χ1v) is 5.93. The Morgan fingerprint density at radius 3 is 2.29 bits per heavy atom. The van der Waals surface area contributed by atoms with E-state index < -0.39 is 0 Å². The molecule has 4 nitrogen and oxygen atoms in total. The summed E-state index contributed by atoms with van der Waals surface area (Å²) in [5, 5.41) is 0. The quantitative estimate of drug-likeness (QED) is 0.442. The first kappa shape index (κ1) is 8.95. The fourth-order valence-electron chi connectivity index (χ4n) is 1.93. The summed E-state index contributed by atoms with van der Waals surface area (Å²) in [6.45, 7) is 0. The molecule has 4 rings (SSSR count). The zero-order valence-electron chi connectivity index (χ0n) is 8.66. The third-order valence-corrected chi connectivity index (χ3v) is 3.28. The van der Waals surface area contributed by atoms with Crippen molar-refractivity contribution in [1.29, 1.82) is 0 Å². The van der Waals surface area contributed by atoms with Crippen LogP contribution < -0.4 is 0 Å². The maximum absolute atomic E-state index is 4.62. The number of hydrogen-bond acceptors (Lipinski definition) is 5. The summed E-state index contributed by atoms with van der Waals surface area (Å²) in [4.78, 5) is 9.20. The highest BCUT2D eigenvalue weighted by Crippen LogP contribution is 2.23. The molecule has 2 aromatic heterocycles. The smallest absolute Gasteiger partial charge is 0.132 e. The molecule has 0 N–H and O–H groups in total. The van der Waals surface area contributed by atoms with E-state index in [0.717, 1.165) is 33.1 Å². The molecule has 0 radical (unpaired) electrons. The van der Waals surface area contributed by atoms with Crippen LogP contribution in [-0.2, 0) is 0 Å². The van der Waals surface area contributed by atoms with Crippen molar-refractivity contribution in [3.63, 3.8) is 0 Å². The normalized spacial score (nSPS) is 11.5. The van der Waals surface area contributed by atoms with Gasteiger partial charge in [-0.25, -0.2) is 9.97 Å². The Bertz CT molecular complexity index is 853. The van der Waals surface area contributed by atoms with E-state index >= 15 is 0 Å². The van der Waals surface area contributed by atoms with E-state index in [4.69, 9.17) is 0 Å². The van der Waals surface area contributed by atoms with E-state index in [1.165, 1.54) is 11.7 Å². The number of nitrogens with zero attached hydrogens (tertiary/aromatic N) is 4. The fourth-order valence-corrected chi connectivity index (χ4v) is 2.47. The predicted octanol–water partition coefficient (Wildman–Crippen LogP) is 2.79. The summed E-state index contributed by atoms with van der Waals surface area (Å²) < 4.78 is 8.49. The van der Waals surface area contributed by atoms with Crippen LogP contribution >= 0.6 is 11.7 Å². The van der Waals surface area contributed by atoms with Gasteiger partial charge >= 0.3 is 0 Å². The molecule has 0 saturated heterocycles. The van der Waals surface area contributed by atoms with Crippen LogP contribution in [0.3, 0.4) is 0 Å². The first-order chi connectivity index (χ1) is 8.42. The molecule has 0 aliphatic heterocycles. The SMILES string of the molecule is c1ccc2nc3c(ccc4nsnc43)nc2c1. The standard InChI is InChI=1S/C12H6N4S/c1-2-4-8-7(3-1)13-9-5-6-10-12(11(9)14-8)16-17-15-10/h1-6H. The minimum atomic E-state index is 0.829.